The number of nitro groups is 1. The van der Waals surface area contributed by atoms with Crippen molar-refractivity contribution in [3.63, 3.8) is 0 Å². The van der Waals surface area contributed by atoms with Gasteiger partial charge >= 0.3 is 0 Å². The smallest absolute Gasteiger partial charge is 0.271 e. The van der Waals surface area contributed by atoms with Crippen LogP contribution in [0, 0.1) is 10.1 Å². The van der Waals surface area contributed by atoms with Crippen LogP contribution in [0.4, 0.5) is 5.69 Å². The van der Waals surface area contributed by atoms with Crippen LogP contribution in [-0.4, -0.2) is 25.8 Å². The van der Waals surface area contributed by atoms with Crippen LogP contribution >= 0.6 is 26.6 Å². The first kappa shape index (κ1) is 15.9. The summed E-state index contributed by atoms with van der Waals surface area (Å²) in [6, 6.07) is 1.76. The Labute approximate surface area is 121 Å². The zero-order valence-corrected chi connectivity index (χ0v) is 12.7. The molecule has 0 atom stereocenters. The van der Waals surface area contributed by atoms with Crippen LogP contribution in [0.25, 0.3) is 0 Å². The molecular formula is C9H8BrClN2O5S. The first-order valence-electron chi connectivity index (χ1n) is 4.89. The van der Waals surface area contributed by atoms with Gasteiger partial charge in [0, 0.05) is 29.4 Å². The van der Waals surface area contributed by atoms with Crippen molar-refractivity contribution in [2.75, 3.05) is 6.54 Å². The number of amides is 1. The Morgan fingerprint density at radius 3 is 2.53 bits per heavy atom. The molecular weight excluding hydrogens is 364 g/mol. The molecule has 19 heavy (non-hydrogen) atoms. The van der Waals surface area contributed by atoms with Gasteiger partial charge in [0.2, 0.25) is 0 Å². The van der Waals surface area contributed by atoms with Crippen LogP contribution < -0.4 is 5.32 Å². The SMILES string of the molecule is CCNC(=O)c1cc([N+](=O)[O-])cc(S(=O)(=O)Cl)c1Br. The number of non-ortho nitro benzene ring substituents is 1. The molecule has 0 aliphatic rings. The number of carbonyl (C=O) groups is 1. The molecule has 1 N–H and O–H groups in total. The first-order chi connectivity index (χ1) is 8.68. The van der Waals surface area contributed by atoms with E-state index in [0.29, 0.717) is 0 Å². The lowest BCUT2D eigenvalue weighted by molar-refractivity contribution is -0.385. The summed E-state index contributed by atoms with van der Waals surface area (Å²) >= 11 is 2.92. The lowest BCUT2D eigenvalue weighted by Crippen LogP contribution is -2.23. The maximum Gasteiger partial charge on any atom is 0.271 e. The topological polar surface area (TPSA) is 106 Å². The summed E-state index contributed by atoms with van der Waals surface area (Å²) in [5, 5.41) is 13.2. The third kappa shape index (κ3) is 3.64. The molecule has 7 nitrogen and oxygen atoms in total. The normalized spacial score (nSPS) is 11.1. The van der Waals surface area contributed by atoms with E-state index in [9.17, 15) is 23.3 Å². The number of carbonyl (C=O) groups excluding carboxylic acids is 1. The lowest BCUT2D eigenvalue weighted by atomic mass is 10.2. The molecule has 0 aliphatic carbocycles. The zero-order chi connectivity index (χ0) is 14.8. The molecule has 0 saturated heterocycles. The van der Waals surface area contributed by atoms with Gasteiger partial charge in [0.1, 0.15) is 4.90 Å². The van der Waals surface area contributed by atoms with Crippen molar-refractivity contribution >= 4 is 47.3 Å². The minimum Gasteiger partial charge on any atom is -0.352 e. The van der Waals surface area contributed by atoms with Crippen molar-refractivity contribution in [3.8, 4) is 0 Å². The van der Waals surface area contributed by atoms with Gasteiger partial charge in [-0.15, -0.1) is 0 Å². The molecule has 0 radical (unpaired) electrons. The lowest BCUT2D eigenvalue weighted by Gasteiger charge is -2.08. The molecule has 1 aromatic carbocycles. The highest BCUT2D eigenvalue weighted by Crippen LogP contribution is 2.32. The van der Waals surface area contributed by atoms with Crippen LogP contribution in [0.1, 0.15) is 17.3 Å². The number of halogens is 2. The maximum absolute atomic E-state index is 11.7. The fourth-order valence-corrected chi connectivity index (χ4v) is 3.57. The summed E-state index contributed by atoms with van der Waals surface area (Å²) in [7, 11) is 0.963. The molecule has 0 unspecified atom stereocenters. The van der Waals surface area contributed by atoms with Crippen LogP contribution in [0.15, 0.2) is 21.5 Å². The number of hydrogen-bond acceptors (Lipinski definition) is 5. The van der Waals surface area contributed by atoms with Gasteiger partial charge in [-0.2, -0.15) is 0 Å². The molecule has 1 aromatic rings. The van der Waals surface area contributed by atoms with E-state index in [2.05, 4.69) is 21.2 Å². The van der Waals surface area contributed by atoms with E-state index in [1.165, 1.54) is 0 Å². The summed E-state index contributed by atoms with van der Waals surface area (Å²) in [6.45, 7) is 1.94. The van der Waals surface area contributed by atoms with Crippen molar-refractivity contribution in [2.45, 2.75) is 11.8 Å². The molecule has 0 saturated carbocycles. The van der Waals surface area contributed by atoms with Crippen molar-refractivity contribution in [1.29, 1.82) is 0 Å². The van der Waals surface area contributed by atoms with Gasteiger partial charge in [0.15, 0.2) is 0 Å². The largest absolute Gasteiger partial charge is 0.352 e. The van der Waals surface area contributed by atoms with Crippen molar-refractivity contribution in [2.24, 2.45) is 0 Å². The Morgan fingerprint density at radius 2 is 2.11 bits per heavy atom. The zero-order valence-electron chi connectivity index (χ0n) is 9.51. The highest BCUT2D eigenvalue weighted by atomic mass is 79.9. The van der Waals surface area contributed by atoms with Gasteiger partial charge < -0.3 is 5.32 Å². The predicted octanol–water partition coefficient (Wildman–Crippen LogP) is 2.03. The third-order valence-corrected chi connectivity index (χ3v) is 4.54. The van der Waals surface area contributed by atoms with E-state index in [0.717, 1.165) is 12.1 Å². The van der Waals surface area contributed by atoms with Gasteiger partial charge in [-0.25, -0.2) is 8.42 Å². The predicted molar refractivity (Wildman–Crippen MR) is 71.8 cm³/mol. The minimum absolute atomic E-state index is 0.112. The molecule has 0 aliphatic heterocycles. The van der Waals surface area contributed by atoms with E-state index < -0.39 is 30.5 Å². The van der Waals surface area contributed by atoms with E-state index in [-0.39, 0.29) is 16.6 Å². The van der Waals surface area contributed by atoms with E-state index >= 15 is 0 Å². The summed E-state index contributed by atoms with van der Waals surface area (Å²) in [5.74, 6) is -0.639. The molecule has 0 bridgehead atoms. The fraction of sp³-hybridized carbons (Fsp3) is 0.222. The Kier molecular flexibility index (Phi) is 4.88. The van der Waals surface area contributed by atoms with Crippen LogP contribution in [-0.2, 0) is 9.05 Å². The Balaban J connectivity index is 3.60. The summed E-state index contributed by atoms with van der Waals surface area (Å²) in [6.07, 6.45) is 0. The molecule has 0 aromatic heterocycles. The molecule has 10 heteroatoms. The van der Waals surface area contributed by atoms with Crippen molar-refractivity contribution in [1.82, 2.24) is 5.32 Å². The molecule has 1 rings (SSSR count). The Bertz CT molecular complexity index is 646. The molecule has 0 fully saturated rings. The van der Waals surface area contributed by atoms with E-state index in [4.69, 9.17) is 10.7 Å². The number of rotatable bonds is 4. The van der Waals surface area contributed by atoms with Gasteiger partial charge in [0.25, 0.3) is 20.6 Å². The van der Waals surface area contributed by atoms with Crippen LogP contribution in [0.5, 0.6) is 0 Å². The monoisotopic (exact) mass is 370 g/mol. The number of nitrogens with one attached hydrogen (secondary N) is 1. The highest BCUT2D eigenvalue weighted by molar-refractivity contribution is 9.10. The maximum atomic E-state index is 11.7. The number of hydrogen-bond donors (Lipinski definition) is 1. The van der Waals surface area contributed by atoms with Gasteiger partial charge in [-0.1, -0.05) is 0 Å². The first-order valence-corrected chi connectivity index (χ1v) is 7.99. The Morgan fingerprint density at radius 1 is 1.53 bits per heavy atom. The number of nitro benzene ring substituents is 1. The fourth-order valence-electron chi connectivity index (χ4n) is 1.29. The summed E-state index contributed by atoms with van der Waals surface area (Å²) in [5.41, 5.74) is -0.709. The van der Waals surface area contributed by atoms with Gasteiger partial charge in [-0.3, -0.25) is 14.9 Å². The second kappa shape index (κ2) is 5.85. The second-order valence-corrected chi connectivity index (χ2v) is 6.69. The molecule has 0 spiro atoms. The minimum atomic E-state index is -4.22. The molecule has 0 heterocycles. The van der Waals surface area contributed by atoms with Gasteiger partial charge in [0.05, 0.1) is 15.0 Å². The third-order valence-electron chi connectivity index (χ3n) is 2.08. The number of nitrogens with zero attached hydrogens (tertiary/aromatic N) is 1. The summed E-state index contributed by atoms with van der Waals surface area (Å²) in [4.78, 5) is 21.1. The van der Waals surface area contributed by atoms with E-state index in [1.807, 2.05) is 0 Å². The number of benzene rings is 1. The highest BCUT2D eigenvalue weighted by Gasteiger charge is 2.25. The van der Waals surface area contributed by atoms with Gasteiger partial charge in [-0.05, 0) is 22.9 Å². The average molecular weight is 372 g/mol. The second-order valence-electron chi connectivity index (χ2n) is 3.36. The van der Waals surface area contributed by atoms with E-state index in [1.54, 1.807) is 6.92 Å². The quantitative estimate of drug-likeness (QED) is 0.495. The van der Waals surface area contributed by atoms with Crippen molar-refractivity contribution < 1.29 is 18.1 Å². The standard InChI is InChI=1S/C9H8BrClN2O5S/c1-2-12-9(14)6-3-5(13(15)16)4-7(8(6)10)19(11,17)18/h3-4H,2H2,1H3,(H,12,14). The molecule has 1 amide bonds. The van der Waals surface area contributed by atoms with Crippen LogP contribution in [0.2, 0.25) is 0 Å². The average Bonchev–Trinajstić information content (AvgIpc) is 2.27. The van der Waals surface area contributed by atoms with Crippen molar-refractivity contribution in [3.05, 3.63) is 32.3 Å². The Hall–Kier alpha value is -1.19. The van der Waals surface area contributed by atoms with Crippen LogP contribution in [0.3, 0.4) is 0 Å². The molecule has 104 valence electrons. The summed E-state index contributed by atoms with van der Waals surface area (Å²) < 4.78 is 22.6.